The molecule has 27 heavy (non-hydrogen) atoms. The van der Waals surface area contributed by atoms with Gasteiger partial charge in [-0.1, -0.05) is 30.3 Å². The first-order valence-corrected chi connectivity index (χ1v) is 9.39. The van der Waals surface area contributed by atoms with E-state index in [9.17, 15) is 9.18 Å². The van der Waals surface area contributed by atoms with Crippen LogP contribution in [0.4, 0.5) is 10.1 Å². The van der Waals surface area contributed by atoms with Gasteiger partial charge >= 0.3 is 0 Å². The van der Waals surface area contributed by atoms with Crippen molar-refractivity contribution in [1.29, 1.82) is 0 Å². The summed E-state index contributed by atoms with van der Waals surface area (Å²) in [5.74, 6) is -0.587. The largest absolute Gasteiger partial charge is 0.481 e. The molecule has 0 bridgehead atoms. The zero-order chi connectivity index (χ0) is 18.9. The number of hydrogen-bond acceptors (Lipinski definition) is 4. The number of ether oxygens (including phenoxy) is 1. The van der Waals surface area contributed by atoms with Gasteiger partial charge in [-0.3, -0.25) is 9.69 Å². The number of halogens is 1. The predicted molar refractivity (Wildman–Crippen MR) is 105 cm³/mol. The minimum atomic E-state index is -0.458. The highest BCUT2D eigenvalue weighted by Crippen LogP contribution is 2.16. The van der Waals surface area contributed by atoms with Gasteiger partial charge in [0.25, 0.3) is 5.91 Å². The number of nitrogens with one attached hydrogen (secondary N) is 1. The molecule has 0 aliphatic carbocycles. The number of hydrogen-bond donors (Lipinski definition) is 1. The standard InChI is InChI=1S/C21H26FN3O2/c22-19-9-4-5-10-20(19)27-17-21(26)23-11-6-12-24-13-15-25(16-14-24)18-7-2-1-3-8-18/h1-5,7-10H,6,11-17H2,(H,23,26). The van der Waals surface area contributed by atoms with Crippen molar-refractivity contribution in [1.82, 2.24) is 10.2 Å². The molecule has 144 valence electrons. The van der Waals surface area contributed by atoms with Gasteiger partial charge in [0.05, 0.1) is 0 Å². The van der Waals surface area contributed by atoms with E-state index in [-0.39, 0.29) is 18.3 Å². The summed E-state index contributed by atoms with van der Waals surface area (Å²) in [5, 5.41) is 2.82. The number of nitrogens with zero attached hydrogens (tertiary/aromatic N) is 2. The van der Waals surface area contributed by atoms with Crippen molar-refractivity contribution in [3.05, 3.63) is 60.4 Å². The summed E-state index contributed by atoms with van der Waals surface area (Å²) in [6, 6.07) is 16.6. The second-order valence-electron chi connectivity index (χ2n) is 6.59. The Morgan fingerprint density at radius 1 is 1.00 bits per heavy atom. The predicted octanol–water partition coefficient (Wildman–Crippen LogP) is 2.53. The summed E-state index contributed by atoms with van der Waals surface area (Å²) < 4.78 is 18.6. The highest BCUT2D eigenvalue weighted by atomic mass is 19.1. The van der Waals surface area contributed by atoms with Crippen molar-refractivity contribution in [2.45, 2.75) is 6.42 Å². The topological polar surface area (TPSA) is 44.8 Å². The van der Waals surface area contributed by atoms with Crippen molar-refractivity contribution >= 4 is 11.6 Å². The first kappa shape index (κ1) is 19.2. The molecule has 1 aliphatic rings. The third kappa shape index (κ3) is 5.96. The van der Waals surface area contributed by atoms with Crippen LogP contribution in [-0.2, 0) is 4.79 Å². The van der Waals surface area contributed by atoms with Crippen LogP contribution in [0.25, 0.3) is 0 Å². The molecule has 1 fully saturated rings. The van der Waals surface area contributed by atoms with Crippen molar-refractivity contribution < 1.29 is 13.9 Å². The number of benzene rings is 2. The number of amides is 1. The average Bonchev–Trinajstić information content (AvgIpc) is 2.72. The van der Waals surface area contributed by atoms with Crippen LogP contribution in [0.3, 0.4) is 0 Å². The van der Waals surface area contributed by atoms with Crippen LogP contribution < -0.4 is 15.0 Å². The summed E-state index contributed by atoms with van der Waals surface area (Å²) in [7, 11) is 0. The molecule has 6 heteroatoms. The molecule has 0 atom stereocenters. The van der Waals surface area contributed by atoms with E-state index in [4.69, 9.17) is 4.74 Å². The molecule has 1 heterocycles. The van der Waals surface area contributed by atoms with Crippen LogP contribution >= 0.6 is 0 Å². The second-order valence-corrected chi connectivity index (χ2v) is 6.59. The van der Waals surface area contributed by atoms with Crippen LogP contribution in [0.1, 0.15) is 6.42 Å². The van der Waals surface area contributed by atoms with E-state index in [0.29, 0.717) is 6.54 Å². The van der Waals surface area contributed by atoms with Crippen molar-refractivity contribution in [3.8, 4) is 5.75 Å². The molecule has 2 aromatic carbocycles. The molecule has 3 rings (SSSR count). The maximum Gasteiger partial charge on any atom is 0.257 e. The van der Waals surface area contributed by atoms with E-state index in [0.717, 1.165) is 39.1 Å². The molecule has 0 spiro atoms. The van der Waals surface area contributed by atoms with Crippen LogP contribution in [0, 0.1) is 5.82 Å². The molecule has 0 saturated carbocycles. The minimum Gasteiger partial charge on any atom is -0.481 e. The molecule has 0 radical (unpaired) electrons. The normalized spacial score (nSPS) is 14.8. The third-order valence-corrected chi connectivity index (χ3v) is 4.66. The highest BCUT2D eigenvalue weighted by Gasteiger charge is 2.16. The Morgan fingerprint density at radius 2 is 1.70 bits per heavy atom. The lowest BCUT2D eigenvalue weighted by Crippen LogP contribution is -2.47. The van der Waals surface area contributed by atoms with Crippen LogP contribution in [0.2, 0.25) is 0 Å². The minimum absolute atomic E-state index is 0.101. The average molecular weight is 371 g/mol. The molecule has 1 aliphatic heterocycles. The number of carbonyl (C=O) groups excluding carboxylic acids is 1. The van der Waals surface area contributed by atoms with E-state index in [2.05, 4.69) is 39.4 Å². The van der Waals surface area contributed by atoms with E-state index in [1.807, 2.05) is 6.07 Å². The lowest BCUT2D eigenvalue weighted by atomic mass is 10.2. The van der Waals surface area contributed by atoms with Gasteiger partial charge in [-0.25, -0.2) is 4.39 Å². The fourth-order valence-electron chi connectivity index (χ4n) is 3.16. The maximum atomic E-state index is 13.4. The smallest absolute Gasteiger partial charge is 0.257 e. The number of carbonyl (C=O) groups is 1. The van der Waals surface area contributed by atoms with Crippen molar-refractivity contribution in [3.63, 3.8) is 0 Å². The van der Waals surface area contributed by atoms with Crippen molar-refractivity contribution in [2.24, 2.45) is 0 Å². The molecule has 1 saturated heterocycles. The van der Waals surface area contributed by atoms with Gasteiger partial charge in [-0.15, -0.1) is 0 Å². The van der Waals surface area contributed by atoms with E-state index < -0.39 is 5.82 Å². The van der Waals surface area contributed by atoms with Gasteiger partial charge in [0, 0.05) is 38.4 Å². The Kier molecular flexibility index (Phi) is 7.04. The number of piperazine rings is 1. The van der Waals surface area contributed by atoms with Crippen LogP contribution in [-0.4, -0.2) is 56.7 Å². The lowest BCUT2D eigenvalue weighted by molar-refractivity contribution is -0.123. The number of rotatable bonds is 8. The zero-order valence-corrected chi connectivity index (χ0v) is 15.4. The fourth-order valence-corrected chi connectivity index (χ4v) is 3.16. The quantitative estimate of drug-likeness (QED) is 0.725. The first-order valence-electron chi connectivity index (χ1n) is 9.39. The van der Waals surface area contributed by atoms with Gasteiger partial charge in [0.2, 0.25) is 0 Å². The number of para-hydroxylation sites is 2. The van der Waals surface area contributed by atoms with E-state index >= 15 is 0 Å². The van der Waals surface area contributed by atoms with Gasteiger partial charge in [-0.2, -0.15) is 0 Å². The lowest BCUT2D eigenvalue weighted by Gasteiger charge is -2.36. The Bertz CT molecular complexity index is 718. The second kappa shape index (κ2) is 9.92. The van der Waals surface area contributed by atoms with Gasteiger partial charge in [0.1, 0.15) is 0 Å². The first-order chi connectivity index (χ1) is 13.2. The molecule has 5 nitrogen and oxygen atoms in total. The summed E-state index contributed by atoms with van der Waals surface area (Å²) >= 11 is 0. The molecule has 0 aromatic heterocycles. The number of anilines is 1. The summed E-state index contributed by atoms with van der Waals surface area (Å²) in [6.45, 7) is 5.48. The summed E-state index contributed by atoms with van der Waals surface area (Å²) in [6.07, 6.45) is 0.886. The molecule has 1 amide bonds. The molecule has 1 N–H and O–H groups in total. The van der Waals surface area contributed by atoms with Gasteiger partial charge < -0.3 is 15.0 Å². The Hall–Kier alpha value is -2.60. The molecular formula is C21H26FN3O2. The Balaban J connectivity index is 1.27. The SMILES string of the molecule is O=C(COc1ccccc1F)NCCCN1CCN(c2ccccc2)CC1. The van der Waals surface area contributed by atoms with Crippen LogP contribution in [0.15, 0.2) is 54.6 Å². The Morgan fingerprint density at radius 3 is 2.44 bits per heavy atom. The molecule has 0 unspecified atom stereocenters. The maximum absolute atomic E-state index is 13.4. The Labute approximate surface area is 159 Å². The summed E-state index contributed by atoms with van der Waals surface area (Å²) in [4.78, 5) is 16.6. The third-order valence-electron chi connectivity index (χ3n) is 4.66. The highest BCUT2D eigenvalue weighted by molar-refractivity contribution is 5.77. The molecule has 2 aromatic rings. The summed E-state index contributed by atoms with van der Waals surface area (Å²) in [5.41, 5.74) is 1.28. The zero-order valence-electron chi connectivity index (χ0n) is 15.4. The van der Waals surface area contributed by atoms with Crippen molar-refractivity contribution in [2.75, 3.05) is 50.8 Å². The van der Waals surface area contributed by atoms with Gasteiger partial charge in [0.15, 0.2) is 18.2 Å². The molecular weight excluding hydrogens is 345 g/mol. The van der Waals surface area contributed by atoms with E-state index in [1.54, 1.807) is 12.1 Å². The fraction of sp³-hybridized carbons (Fsp3) is 0.381. The van der Waals surface area contributed by atoms with Gasteiger partial charge in [-0.05, 0) is 37.2 Å². The van der Waals surface area contributed by atoms with E-state index in [1.165, 1.54) is 17.8 Å². The van der Waals surface area contributed by atoms with Crippen LogP contribution in [0.5, 0.6) is 5.75 Å². The monoisotopic (exact) mass is 371 g/mol.